The molecule has 0 saturated carbocycles. The molecule has 0 aliphatic heterocycles. The van der Waals surface area contributed by atoms with E-state index < -0.39 is 21.4 Å². The third-order valence-electron chi connectivity index (χ3n) is 2.18. The van der Waals surface area contributed by atoms with Gasteiger partial charge in [-0.1, -0.05) is 17.3 Å². The molecule has 0 aliphatic carbocycles. The zero-order valence-electron chi connectivity index (χ0n) is 9.21. The Balaban J connectivity index is 2.30. The summed E-state index contributed by atoms with van der Waals surface area (Å²) < 4.78 is 41.9. The van der Waals surface area contributed by atoms with Crippen LogP contribution < -0.4 is 5.73 Å². The normalized spacial score (nSPS) is 11.7. The molecule has 0 aliphatic rings. The third kappa shape index (κ3) is 2.54. The predicted molar refractivity (Wildman–Crippen MR) is 59.5 cm³/mol. The first kappa shape index (κ1) is 12.7. The molecule has 2 N–H and O–H groups in total. The molecule has 0 bridgehead atoms. The molecular formula is C10H10FN3O3S. The molecule has 1 heterocycles. The van der Waals surface area contributed by atoms with Crippen LogP contribution in [0.3, 0.4) is 0 Å². The van der Waals surface area contributed by atoms with Gasteiger partial charge in [-0.2, -0.15) is 4.98 Å². The van der Waals surface area contributed by atoms with Crippen molar-refractivity contribution in [3.05, 3.63) is 41.8 Å². The Hall–Kier alpha value is -1.80. The van der Waals surface area contributed by atoms with Gasteiger partial charge < -0.3 is 10.3 Å². The molecule has 96 valence electrons. The molecular weight excluding hydrogens is 261 g/mol. The van der Waals surface area contributed by atoms with Crippen molar-refractivity contribution < 1.29 is 17.3 Å². The van der Waals surface area contributed by atoms with Crippen LogP contribution in [0.4, 0.5) is 4.39 Å². The third-order valence-corrected chi connectivity index (χ3v) is 3.82. The topological polar surface area (TPSA) is 99.1 Å². The molecule has 1 aromatic heterocycles. The minimum atomic E-state index is -3.84. The number of benzene rings is 1. The number of hydrogen-bond acceptors (Lipinski definition) is 6. The van der Waals surface area contributed by atoms with Crippen LogP contribution in [0, 0.1) is 5.82 Å². The molecule has 2 aromatic rings. The van der Waals surface area contributed by atoms with Crippen LogP contribution in [0.1, 0.15) is 11.7 Å². The number of halogens is 1. The van der Waals surface area contributed by atoms with Gasteiger partial charge in [0.05, 0.1) is 6.54 Å². The summed E-state index contributed by atoms with van der Waals surface area (Å²) in [7, 11) is -3.84. The Kier molecular flexibility index (Phi) is 3.39. The van der Waals surface area contributed by atoms with Crippen LogP contribution in [0.25, 0.3) is 0 Å². The average molecular weight is 271 g/mol. The maximum atomic E-state index is 13.4. The van der Waals surface area contributed by atoms with E-state index in [1.807, 2.05) is 0 Å². The van der Waals surface area contributed by atoms with E-state index in [4.69, 9.17) is 5.73 Å². The summed E-state index contributed by atoms with van der Waals surface area (Å²) in [5.74, 6) is -1.25. The van der Waals surface area contributed by atoms with E-state index in [-0.39, 0.29) is 23.2 Å². The van der Waals surface area contributed by atoms with Gasteiger partial charge in [0.15, 0.2) is 15.7 Å². The fourth-order valence-electron chi connectivity index (χ4n) is 1.38. The highest BCUT2D eigenvalue weighted by atomic mass is 32.2. The van der Waals surface area contributed by atoms with Crippen molar-refractivity contribution in [2.75, 3.05) is 0 Å². The molecule has 0 spiro atoms. The smallest absolute Gasteiger partial charge is 0.240 e. The zero-order valence-corrected chi connectivity index (χ0v) is 10.0. The predicted octanol–water partition coefficient (Wildman–Crippen LogP) is 0.641. The highest BCUT2D eigenvalue weighted by Gasteiger charge is 2.22. The molecule has 0 amide bonds. The van der Waals surface area contributed by atoms with Gasteiger partial charge in [0, 0.05) is 0 Å². The second-order valence-corrected chi connectivity index (χ2v) is 5.46. The van der Waals surface area contributed by atoms with Gasteiger partial charge in [0.1, 0.15) is 16.5 Å². The van der Waals surface area contributed by atoms with Gasteiger partial charge in [-0.3, -0.25) is 0 Å². The second-order valence-electron chi connectivity index (χ2n) is 3.50. The Morgan fingerprint density at radius 3 is 2.67 bits per heavy atom. The Morgan fingerprint density at radius 2 is 2.06 bits per heavy atom. The van der Waals surface area contributed by atoms with Crippen molar-refractivity contribution in [2.24, 2.45) is 5.73 Å². The van der Waals surface area contributed by atoms with E-state index in [0.717, 1.165) is 6.07 Å². The summed E-state index contributed by atoms with van der Waals surface area (Å²) in [5.41, 5.74) is 5.26. The maximum Gasteiger partial charge on any atom is 0.240 e. The molecule has 0 radical (unpaired) electrons. The molecule has 8 heteroatoms. The van der Waals surface area contributed by atoms with Gasteiger partial charge in [0.2, 0.25) is 5.89 Å². The van der Waals surface area contributed by atoms with E-state index in [9.17, 15) is 12.8 Å². The van der Waals surface area contributed by atoms with E-state index in [2.05, 4.69) is 14.7 Å². The largest absolute Gasteiger partial charge is 0.338 e. The fraction of sp³-hybridized carbons (Fsp3) is 0.200. The maximum absolute atomic E-state index is 13.4. The lowest BCUT2D eigenvalue weighted by molar-refractivity contribution is 0.376. The summed E-state index contributed by atoms with van der Waals surface area (Å²) in [6.45, 7) is 0.0206. The molecule has 0 fully saturated rings. The van der Waals surface area contributed by atoms with Crippen LogP contribution in [0.15, 0.2) is 33.7 Å². The lowest BCUT2D eigenvalue weighted by Crippen LogP contribution is -2.08. The number of nitrogens with zero attached hydrogens (tertiary/aromatic N) is 2. The molecule has 0 saturated heterocycles. The monoisotopic (exact) mass is 271 g/mol. The highest BCUT2D eigenvalue weighted by molar-refractivity contribution is 7.90. The summed E-state index contributed by atoms with van der Waals surface area (Å²) in [5, 5.41) is 3.46. The lowest BCUT2D eigenvalue weighted by atomic mass is 10.3. The van der Waals surface area contributed by atoms with Gasteiger partial charge in [-0.25, -0.2) is 12.8 Å². The minimum Gasteiger partial charge on any atom is -0.338 e. The first-order valence-electron chi connectivity index (χ1n) is 5.02. The standard InChI is InChI=1S/C10H10FN3O3S/c11-7-3-1-2-4-8(7)18(15,16)6-9-13-10(5-12)17-14-9/h1-4H,5-6,12H2. The lowest BCUT2D eigenvalue weighted by Gasteiger charge is -2.02. The number of rotatable bonds is 4. The molecule has 1 aromatic carbocycles. The van der Waals surface area contributed by atoms with Crippen molar-refractivity contribution in [1.82, 2.24) is 10.1 Å². The van der Waals surface area contributed by atoms with Crippen LogP contribution >= 0.6 is 0 Å². The first-order chi connectivity index (χ1) is 8.53. The van der Waals surface area contributed by atoms with Crippen molar-refractivity contribution in [1.29, 1.82) is 0 Å². The van der Waals surface area contributed by atoms with Crippen molar-refractivity contribution >= 4 is 9.84 Å². The first-order valence-corrected chi connectivity index (χ1v) is 6.67. The van der Waals surface area contributed by atoms with Crippen LogP contribution in [0.5, 0.6) is 0 Å². The fourth-order valence-corrected chi connectivity index (χ4v) is 2.64. The van der Waals surface area contributed by atoms with E-state index in [1.165, 1.54) is 18.2 Å². The second kappa shape index (κ2) is 4.83. The Bertz CT molecular complexity index is 654. The van der Waals surface area contributed by atoms with Gasteiger partial charge in [-0.15, -0.1) is 0 Å². The van der Waals surface area contributed by atoms with Crippen molar-refractivity contribution in [2.45, 2.75) is 17.2 Å². The van der Waals surface area contributed by atoms with Crippen molar-refractivity contribution in [3.63, 3.8) is 0 Å². The van der Waals surface area contributed by atoms with E-state index >= 15 is 0 Å². The number of nitrogens with two attached hydrogens (primary N) is 1. The molecule has 6 nitrogen and oxygen atoms in total. The van der Waals surface area contributed by atoms with E-state index in [1.54, 1.807) is 0 Å². The highest BCUT2D eigenvalue weighted by Crippen LogP contribution is 2.18. The van der Waals surface area contributed by atoms with Gasteiger partial charge >= 0.3 is 0 Å². The molecule has 2 rings (SSSR count). The average Bonchev–Trinajstić information content (AvgIpc) is 2.76. The quantitative estimate of drug-likeness (QED) is 0.876. The van der Waals surface area contributed by atoms with Gasteiger partial charge in [0.25, 0.3) is 0 Å². The SMILES string of the molecule is NCc1nc(CS(=O)(=O)c2ccccc2F)no1. The summed E-state index contributed by atoms with van der Waals surface area (Å²) in [6, 6.07) is 5.12. The number of sulfone groups is 1. The summed E-state index contributed by atoms with van der Waals surface area (Å²) in [4.78, 5) is 3.38. The Morgan fingerprint density at radius 1 is 1.33 bits per heavy atom. The van der Waals surface area contributed by atoms with E-state index in [0.29, 0.717) is 0 Å². The number of hydrogen-bond donors (Lipinski definition) is 1. The summed E-state index contributed by atoms with van der Waals surface area (Å²) in [6.07, 6.45) is 0. The molecule has 18 heavy (non-hydrogen) atoms. The van der Waals surface area contributed by atoms with Crippen LogP contribution in [-0.2, 0) is 22.1 Å². The van der Waals surface area contributed by atoms with Crippen molar-refractivity contribution in [3.8, 4) is 0 Å². The molecule has 0 atom stereocenters. The summed E-state index contributed by atoms with van der Waals surface area (Å²) >= 11 is 0. The Labute approximate surface area is 103 Å². The van der Waals surface area contributed by atoms with Crippen LogP contribution in [0.2, 0.25) is 0 Å². The minimum absolute atomic E-state index is 0.0206. The molecule has 0 unspecified atom stereocenters. The van der Waals surface area contributed by atoms with Crippen LogP contribution in [-0.4, -0.2) is 18.6 Å². The van der Waals surface area contributed by atoms with Gasteiger partial charge in [-0.05, 0) is 12.1 Å². The zero-order chi connectivity index (χ0) is 13.2. The number of aromatic nitrogens is 2.